The molecule has 7 heteroatoms. The van der Waals surface area contributed by atoms with Gasteiger partial charge < -0.3 is 15.4 Å². The van der Waals surface area contributed by atoms with Gasteiger partial charge in [-0.25, -0.2) is 0 Å². The fraction of sp³-hybridized carbons (Fsp3) is 0.529. The Bertz CT molecular complexity index is 654. The summed E-state index contributed by atoms with van der Waals surface area (Å²) >= 11 is 1.49. The summed E-state index contributed by atoms with van der Waals surface area (Å²) in [6.45, 7) is 7.63. The number of nitrogens with two attached hydrogens (primary N) is 1. The highest BCUT2D eigenvalue weighted by Gasteiger charge is 2.22. The molecule has 1 aliphatic rings. The zero-order valence-corrected chi connectivity index (χ0v) is 15.1. The minimum absolute atomic E-state index is 0.408. The smallest absolute Gasteiger partial charge is 0.203 e. The third kappa shape index (κ3) is 4.23. The molecule has 0 bridgehead atoms. The number of anilines is 1. The van der Waals surface area contributed by atoms with Crippen molar-refractivity contribution in [2.24, 2.45) is 0 Å². The molecule has 0 saturated carbocycles. The van der Waals surface area contributed by atoms with E-state index in [2.05, 4.69) is 45.1 Å². The Morgan fingerprint density at radius 3 is 2.71 bits per heavy atom. The molecule has 3 rings (SSSR count). The lowest BCUT2D eigenvalue weighted by atomic mass is 10.1. The van der Waals surface area contributed by atoms with Crippen LogP contribution in [0.4, 0.5) is 5.13 Å². The van der Waals surface area contributed by atoms with Gasteiger partial charge in [0.05, 0.1) is 7.11 Å². The minimum atomic E-state index is 0.408. The van der Waals surface area contributed by atoms with Crippen molar-refractivity contribution >= 4 is 16.5 Å². The van der Waals surface area contributed by atoms with Crippen LogP contribution in [0.3, 0.4) is 0 Å². The molecule has 1 aromatic carbocycles. The molecule has 0 spiro atoms. The molecule has 1 aromatic heterocycles. The van der Waals surface area contributed by atoms with Gasteiger partial charge in [-0.1, -0.05) is 23.5 Å². The number of nitrogen functional groups attached to an aromatic ring is 1. The van der Waals surface area contributed by atoms with Crippen LogP contribution in [0.2, 0.25) is 0 Å². The van der Waals surface area contributed by atoms with E-state index in [4.69, 9.17) is 10.5 Å². The highest BCUT2D eigenvalue weighted by Crippen LogP contribution is 2.25. The first-order valence-electron chi connectivity index (χ1n) is 8.34. The molecule has 2 aromatic rings. The Balaban J connectivity index is 1.49. The lowest BCUT2D eigenvalue weighted by Gasteiger charge is -2.38. The topological polar surface area (TPSA) is 67.5 Å². The van der Waals surface area contributed by atoms with Crippen LogP contribution in [-0.4, -0.2) is 59.8 Å². The van der Waals surface area contributed by atoms with Crippen molar-refractivity contribution in [3.63, 3.8) is 0 Å². The van der Waals surface area contributed by atoms with E-state index >= 15 is 0 Å². The molecule has 1 aliphatic heterocycles. The van der Waals surface area contributed by atoms with E-state index in [1.807, 2.05) is 6.07 Å². The third-order valence-corrected chi connectivity index (χ3v) is 5.47. The van der Waals surface area contributed by atoms with Crippen LogP contribution in [0.1, 0.15) is 23.5 Å². The quantitative estimate of drug-likeness (QED) is 0.863. The zero-order valence-electron chi connectivity index (χ0n) is 14.3. The average Bonchev–Trinajstić information content (AvgIpc) is 3.05. The minimum Gasteiger partial charge on any atom is -0.497 e. The normalized spacial score (nSPS) is 17.8. The molecule has 1 fully saturated rings. The molecule has 1 atom stereocenters. The third-order valence-electron chi connectivity index (χ3n) is 4.66. The number of piperazine rings is 1. The van der Waals surface area contributed by atoms with E-state index in [0.29, 0.717) is 11.2 Å². The van der Waals surface area contributed by atoms with Crippen LogP contribution in [0.5, 0.6) is 5.75 Å². The van der Waals surface area contributed by atoms with Crippen molar-refractivity contribution in [3.05, 3.63) is 34.8 Å². The highest BCUT2D eigenvalue weighted by molar-refractivity contribution is 7.15. The fourth-order valence-electron chi connectivity index (χ4n) is 3.11. The summed E-state index contributed by atoms with van der Waals surface area (Å²) < 4.78 is 5.34. The number of hydrogen-bond donors (Lipinski definition) is 1. The molecule has 2 N–H and O–H groups in total. The Morgan fingerprint density at radius 2 is 2.04 bits per heavy atom. The molecule has 2 heterocycles. The van der Waals surface area contributed by atoms with Crippen molar-refractivity contribution in [2.75, 3.05) is 45.6 Å². The van der Waals surface area contributed by atoms with E-state index < -0.39 is 0 Å². The summed E-state index contributed by atoms with van der Waals surface area (Å²) in [5.74, 6) is 0.925. The summed E-state index contributed by atoms with van der Waals surface area (Å²) in [6.07, 6.45) is 0.931. The SMILES string of the molecule is COc1cccc([C@H](C)N2CCN(CCc3nnc(N)s3)CC2)c1. The van der Waals surface area contributed by atoms with Gasteiger partial charge in [0.1, 0.15) is 10.8 Å². The van der Waals surface area contributed by atoms with Gasteiger partial charge in [0.25, 0.3) is 0 Å². The number of aromatic nitrogens is 2. The van der Waals surface area contributed by atoms with Crippen molar-refractivity contribution in [2.45, 2.75) is 19.4 Å². The second-order valence-corrected chi connectivity index (χ2v) is 7.21. The Kier molecular flexibility index (Phi) is 5.65. The number of hydrogen-bond acceptors (Lipinski definition) is 7. The largest absolute Gasteiger partial charge is 0.497 e. The number of benzene rings is 1. The second-order valence-electron chi connectivity index (χ2n) is 6.11. The molecule has 0 unspecified atom stereocenters. The maximum atomic E-state index is 5.63. The van der Waals surface area contributed by atoms with Crippen LogP contribution >= 0.6 is 11.3 Å². The number of nitrogens with zero attached hydrogens (tertiary/aromatic N) is 4. The van der Waals surface area contributed by atoms with Crippen LogP contribution < -0.4 is 10.5 Å². The standard InChI is InChI=1S/C17H25N5OS/c1-13(14-4-3-5-15(12-14)23-2)22-10-8-21(9-11-22)7-6-16-19-20-17(18)24-16/h3-5,12-13H,6-11H2,1-2H3,(H2,18,20)/t13-/m0/s1. The average molecular weight is 347 g/mol. The fourth-order valence-corrected chi connectivity index (χ4v) is 3.71. The van der Waals surface area contributed by atoms with E-state index in [9.17, 15) is 0 Å². The number of methoxy groups -OCH3 is 1. The van der Waals surface area contributed by atoms with Gasteiger partial charge in [-0.05, 0) is 24.6 Å². The molecule has 0 aliphatic carbocycles. The van der Waals surface area contributed by atoms with Crippen molar-refractivity contribution in [1.29, 1.82) is 0 Å². The first-order valence-corrected chi connectivity index (χ1v) is 9.15. The maximum absolute atomic E-state index is 5.63. The van der Waals surface area contributed by atoms with E-state index in [0.717, 1.165) is 49.9 Å². The van der Waals surface area contributed by atoms with Gasteiger partial charge in [-0.3, -0.25) is 4.90 Å². The van der Waals surface area contributed by atoms with Gasteiger partial charge in [0.2, 0.25) is 5.13 Å². The van der Waals surface area contributed by atoms with Gasteiger partial charge in [-0.15, -0.1) is 10.2 Å². The summed E-state index contributed by atoms with van der Waals surface area (Å²) in [5, 5.41) is 9.55. The van der Waals surface area contributed by atoms with E-state index in [1.54, 1.807) is 7.11 Å². The first-order chi connectivity index (χ1) is 11.7. The zero-order chi connectivity index (χ0) is 16.9. The predicted molar refractivity (Wildman–Crippen MR) is 97.4 cm³/mol. The first kappa shape index (κ1) is 17.1. The van der Waals surface area contributed by atoms with Gasteiger partial charge in [0.15, 0.2) is 0 Å². The predicted octanol–water partition coefficient (Wildman–Crippen LogP) is 2.05. The summed E-state index contributed by atoms with van der Waals surface area (Å²) in [6, 6.07) is 8.78. The molecule has 24 heavy (non-hydrogen) atoms. The number of ether oxygens (including phenoxy) is 1. The lowest BCUT2D eigenvalue weighted by molar-refractivity contribution is 0.103. The Morgan fingerprint density at radius 1 is 1.25 bits per heavy atom. The van der Waals surface area contributed by atoms with Gasteiger partial charge in [-0.2, -0.15) is 0 Å². The molecule has 1 saturated heterocycles. The Labute approximate surface area is 147 Å². The van der Waals surface area contributed by atoms with Crippen LogP contribution in [0, 0.1) is 0 Å². The van der Waals surface area contributed by atoms with Crippen molar-refractivity contribution in [3.8, 4) is 5.75 Å². The Hall–Kier alpha value is -1.70. The summed E-state index contributed by atoms with van der Waals surface area (Å²) in [7, 11) is 1.72. The van der Waals surface area contributed by atoms with E-state index in [-0.39, 0.29) is 0 Å². The molecule has 0 radical (unpaired) electrons. The number of rotatable bonds is 6. The highest BCUT2D eigenvalue weighted by atomic mass is 32.1. The molecular weight excluding hydrogens is 322 g/mol. The van der Waals surface area contributed by atoms with Gasteiger partial charge >= 0.3 is 0 Å². The maximum Gasteiger partial charge on any atom is 0.203 e. The van der Waals surface area contributed by atoms with Crippen LogP contribution in [0.25, 0.3) is 0 Å². The van der Waals surface area contributed by atoms with Crippen molar-refractivity contribution in [1.82, 2.24) is 20.0 Å². The van der Waals surface area contributed by atoms with Crippen molar-refractivity contribution < 1.29 is 4.74 Å². The summed E-state index contributed by atoms with van der Waals surface area (Å²) in [5.41, 5.74) is 6.94. The lowest BCUT2D eigenvalue weighted by Crippen LogP contribution is -2.47. The van der Waals surface area contributed by atoms with Crippen LogP contribution in [0.15, 0.2) is 24.3 Å². The summed E-state index contributed by atoms with van der Waals surface area (Å²) in [4.78, 5) is 5.03. The molecule has 130 valence electrons. The molecule has 6 nitrogen and oxygen atoms in total. The van der Waals surface area contributed by atoms with Gasteiger partial charge in [0, 0.05) is 45.2 Å². The second kappa shape index (κ2) is 7.92. The van der Waals surface area contributed by atoms with Crippen LogP contribution in [-0.2, 0) is 6.42 Å². The monoisotopic (exact) mass is 347 g/mol. The molecular formula is C17H25N5OS. The van der Waals surface area contributed by atoms with E-state index in [1.165, 1.54) is 16.9 Å². The molecule has 0 amide bonds.